The Labute approximate surface area is 171 Å². The van der Waals surface area contributed by atoms with Crippen LogP contribution in [0.3, 0.4) is 0 Å². The summed E-state index contributed by atoms with van der Waals surface area (Å²) in [5.41, 5.74) is 4.08. The van der Waals surface area contributed by atoms with E-state index < -0.39 is 0 Å². The number of hydrogen-bond acceptors (Lipinski definition) is 6. The molecule has 1 heterocycles. The Balaban J connectivity index is 1.89. The number of hydrogen-bond donors (Lipinski definition) is 2. The van der Waals surface area contributed by atoms with Crippen molar-refractivity contribution in [2.24, 2.45) is 0 Å². The van der Waals surface area contributed by atoms with Gasteiger partial charge >= 0.3 is 5.97 Å². The van der Waals surface area contributed by atoms with Crippen LogP contribution < -0.4 is 10.6 Å². The molecule has 29 heavy (non-hydrogen) atoms. The molecule has 0 atom stereocenters. The molecule has 0 spiro atoms. The van der Waals surface area contributed by atoms with Gasteiger partial charge in [0.25, 0.3) is 0 Å². The molecule has 2 aromatic carbocycles. The number of ether oxygens (including phenoxy) is 1. The number of aryl methyl sites for hydroxylation is 1. The van der Waals surface area contributed by atoms with Gasteiger partial charge in [0.15, 0.2) is 0 Å². The van der Waals surface area contributed by atoms with Crippen LogP contribution in [0.2, 0.25) is 0 Å². The zero-order valence-corrected chi connectivity index (χ0v) is 17.2. The lowest BCUT2D eigenvalue weighted by atomic mass is 10.0. The van der Waals surface area contributed by atoms with Crippen LogP contribution in [-0.2, 0) is 4.74 Å². The fourth-order valence-electron chi connectivity index (χ4n) is 3.04. The van der Waals surface area contributed by atoms with Crippen molar-refractivity contribution < 1.29 is 9.53 Å². The van der Waals surface area contributed by atoms with Crippen LogP contribution in [0.4, 0.5) is 23.1 Å². The summed E-state index contributed by atoms with van der Waals surface area (Å²) >= 11 is 0. The number of nitrogens with one attached hydrogen (secondary N) is 2. The van der Waals surface area contributed by atoms with Gasteiger partial charge in [0.05, 0.1) is 17.9 Å². The topological polar surface area (TPSA) is 76.1 Å². The number of benzene rings is 2. The molecule has 0 saturated heterocycles. The predicted octanol–water partition coefficient (Wildman–Crippen LogP) is 5.57. The van der Waals surface area contributed by atoms with Gasteiger partial charge in [-0.3, -0.25) is 0 Å². The molecular formula is C23H26N4O2. The second-order valence-corrected chi connectivity index (χ2v) is 6.98. The van der Waals surface area contributed by atoms with E-state index in [0.29, 0.717) is 35.5 Å². The maximum atomic E-state index is 12.2. The molecule has 6 heteroatoms. The lowest BCUT2D eigenvalue weighted by Crippen LogP contribution is -2.09. The number of carbonyl (C=O) groups is 1. The van der Waals surface area contributed by atoms with E-state index >= 15 is 0 Å². The number of carbonyl (C=O) groups excluding carboxylic acids is 1. The Bertz CT molecular complexity index is 1000. The Kier molecular flexibility index (Phi) is 6.44. The fraction of sp³-hybridized carbons (Fsp3) is 0.261. The molecule has 3 rings (SSSR count). The summed E-state index contributed by atoms with van der Waals surface area (Å²) in [6, 6.07) is 17.2. The highest BCUT2D eigenvalue weighted by Gasteiger charge is 2.14. The van der Waals surface area contributed by atoms with Gasteiger partial charge in [-0.25, -0.2) is 9.78 Å². The van der Waals surface area contributed by atoms with Crippen molar-refractivity contribution >= 4 is 29.1 Å². The first kappa shape index (κ1) is 20.3. The maximum absolute atomic E-state index is 12.2. The minimum Gasteiger partial charge on any atom is -0.462 e. The number of rotatable bonds is 7. The quantitative estimate of drug-likeness (QED) is 0.514. The van der Waals surface area contributed by atoms with Gasteiger partial charge in [0, 0.05) is 17.4 Å². The highest BCUT2D eigenvalue weighted by atomic mass is 16.5. The zero-order valence-electron chi connectivity index (χ0n) is 17.2. The molecule has 0 radical (unpaired) electrons. The zero-order chi connectivity index (χ0) is 20.8. The molecule has 0 fully saturated rings. The predicted molar refractivity (Wildman–Crippen MR) is 116 cm³/mol. The van der Waals surface area contributed by atoms with Gasteiger partial charge in [-0.15, -0.1) is 0 Å². The number of nitrogens with zero attached hydrogens (tertiary/aromatic N) is 2. The van der Waals surface area contributed by atoms with Crippen molar-refractivity contribution in [3.05, 3.63) is 71.4 Å². The number of aromatic nitrogens is 2. The first-order valence-corrected chi connectivity index (χ1v) is 9.72. The molecule has 0 aliphatic carbocycles. The second-order valence-electron chi connectivity index (χ2n) is 6.98. The van der Waals surface area contributed by atoms with Crippen LogP contribution in [-0.4, -0.2) is 22.5 Å². The monoisotopic (exact) mass is 390 g/mol. The molecule has 0 amide bonds. The third-order valence-electron chi connectivity index (χ3n) is 4.37. The molecule has 0 aliphatic rings. The minimum absolute atomic E-state index is 0.317. The average Bonchev–Trinajstić information content (AvgIpc) is 2.68. The van der Waals surface area contributed by atoms with Crippen LogP contribution >= 0.6 is 0 Å². The highest BCUT2D eigenvalue weighted by molar-refractivity contribution is 5.96. The van der Waals surface area contributed by atoms with E-state index in [1.807, 2.05) is 37.3 Å². The molecule has 3 aromatic rings. The van der Waals surface area contributed by atoms with Gasteiger partial charge in [-0.1, -0.05) is 44.2 Å². The molecule has 0 aliphatic heterocycles. The summed E-state index contributed by atoms with van der Waals surface area (Å²) < 4.78 is 5.14. The number of para-hydroxylation sites is 2. The standard InChI is InChI=1S/C23H26N4O2/c1-5-29-22(28)18-11-7-9-13-20(18)26-23-24-16(4)14-21(27-23)25-19-12-8-6-10-17(19)15(2)3/h6-15H,5H2,1-4H3,(H2,24,25,26,27). The largest absolute Gasteiger partial charge is 0.462 e. The first-order chi connectivity index (χ1) is 14.0. The van der Waals surface area contributed by atoms with Crippen molar-refractivity contribution in [1.29, 1.82) is 0 Å². The summed E-state index contributed by atoms with van der Waals surface area (Å²) in [5.74, 6) is 1.09. The third-order valence-corrected chi connectivity index (χ3v) is 4.37. The average molecular weight is 390 g/mol. The van der Waals surface area contributed by atoms with Crippen molar-refractivity contribution in [1.82, 2.24) is 9.97 Å². The van der Waals surface area contributed by atoms with Crippen molar-refractivity contribution in [2.75, 3.05) is 17.2 Å². The van der Waals surface area contributed by atoms with Crippen molar-refractivity contribution in [2.45, 2.75) is 33.6 Å². The number of anilines is 4. The summed E-state index contributed by atoms with van der Waals surface area (Å²) in [6.45, 7) is 8.32. The van der Waals surface area contributed by atoms with Crippen LogP contribution in [0, 0.1) is 6.92 Å². The molecule has 0 saturated carbocycles. The van der Waals surface area contributed by atoms with Gasteiger partial charge in [0.1, 0.15) is 5.82 Å². The van der Waals surface area contributed by atoms with E-state index in [1.54, 1.807) is 25.1 Å². The molecule has 1 aromatic heterocycles. The molecule has 150 valence electrons. The number of esters is 1. The highest BCUT2D eigenvalue weighted by Crippen LogP contribution is 2.27. The van der Waals surface area contributed by atoms with E-state index in [4.69, 9.17) is 4.74 Å². The summed E-state index contributed by atoms with van der Waals surface area (Å²) in [5, 5.41) is 6.55. The smallest absolute Gasteiger partial charge is 0.340 e. The molecular weight excluding hydrogens is 364 g/mol. The molecule has 0 bridgehead atoms. The molecule has 0 unspecified atom stereocenters. The van der Waals surface area contributed by atoms with E-state index in [-0.39, 0.29) is 5.97 Å². The van der Waals surface area contributed by atoms with Crippen LogP contribution in [0.5, 0.6) is 0 Å². The van der Waals surface area contributed by atoms with E-state index in [2.05, 4.69) is 40.5 Å². The fourth-order valence-corrected chi connectivity index (χ4v) is 3.04. The third kappa shape index (κ3) is 5.10. The summed E-state index contributed by atoms with van der Waals surface area (Å²) in [7, 11) is 0. The van der Waals surface area contributed by atoms with Gasteiger partial charge in [0.2, 0.25) is 5.95 Å². The maximum Gasteiger partial charge on any atom is 0.340 e. The Morgan fingerprint density at radius 2 is 1.69 bits per heavy atom. The molecule has 2 N–H and O–H groups in total. The van der Waals surface area contributed by atoms with Crippen LogP contribution in [0.15, 0.2) is 54.6 Å². The van der Waals surface area contributed by atoms with E-state index in [1.165, 1.54) is 5.56 Å². The first-order valence-electron chi connectivity index (χ1n) is 9.72. The summed E-state index contributed by atoms with van der Waals surface area (Å²) in [4.78, 5) is 21.3. The van der Waals surface area contributed by atoms with Gasteiger partial charge in [-0.2, -0.15) is 4.98 Å². The Morgan fingerprint density at radius 1 is 1.00 bits per heavy atom. The lowest BCUT2D eigenvalue weighted by Gasteiger charge is -2.15. The summed E-state index contributed by atoms with van der Waals surface area (Å²) in [6.07, 6.45) is 0. The van der Waals surface area contributed by atoms with E-state index in [9.17, 15) is 4.79 Å². The van der Waals surface area contributed by atoms with Crippen molar-refractivity contribution in [3.63, 3.8) is 0 Å². The second kappa shape index (κ2) is 9.19. The van der Waals surface area contributed by atoms with Crippen LogP contribution in [0.1, 0.15) is 48.3 Å². The van der Waals surface area contributed by atoms with E-state index in [0.717, 1.165) is 11.4 Å². The molecule has 6 nitrogen and oxygen atoms in total. The normalized spacial score (nSPS) is 10.7. The van der Waals surface area contributed by atoms with Crippen LogP contribution in [0.25, 0.3) is 0 Å². The van der Waals surface area contributed by atoms with Gasteiger partial charge in [-0.05, 0) is 43.5 Å². The Morgan fingerprint density at radius 3 is 2.41 bits per heavy atom. The van der Waals surface area contributed by atoms with Gasteiger partial charge < -0.3 is 15.4 Å². The minimum atomic E-state index is -0.382. The Hall–Kier alpha value is -3.41. The lowest BCUT2D eigenvalue weighted by molar-refractivity contribution is 0.0527. The SMILES string of the molecule is CCOC(=O)c1ccccc1Nc1nc(C)cc(Nc2ccccc2C(C)C)n1. The van der Waals surface area contributed by atoms with Crippen molar-refractivity contribution in [3.8, 4) is 0 Å².